The molecule has 0 bridgehead atoms. The van der Waals surface area contributed by atoms with Gasteiger partial charge in [-0.3, -0.25) is 4.79 Å². The second-order valence-electron chi connectivity index (χ2n) is 6.88. The molecule has 0 saturated carbocycles. The van der Waals surface area contributed by atoms with Crippen molar-refractivity contribution in [2.24, 2.45) is 0 Å². The summed E-state index contributed by atoms with van der Waals surface area (Å²) in [5, 5.41) is 0. The summed E-state index contributed by atoms with van der Waals surface area (Å²) < 4.78 is 48.8. The van der Waals surface area contributed by atoms with Crippen molar-refractivity contribution >= 4 is 16.0 Å². The van der Waals surface area contributed by atoms with Gasteiger partial charge in [0.25, 0.3) is 0 Å². The highest BCUT2D eigenvalue weighted by Gasteiger charge is 2.19. The summed E-state index contributed by atoms with van der Waals surface area (Å²) in [6, 6.07) is 12.2. The van der Waals surface area contributed by atoms with Crippen LogP contribution in [0.2, 0.25) is 0 Å². The predicted octanol–water partition coefficient (Wildman–Crippen LogP) is 2.70. The van der Waals surface area contributed by atoms with Crippen molar-refractivity contribution < 1.29 is 32.2 Å². The van der Waals surface area contributed by atoms with Gasteiger partial charge in [-0.05, 0) is 42.7 Å². The van der Waals surface area contributed by atoms with E-state index in [9.17, 15) is 13.2 Å². The van der Waals surface area contributed by atoms with Crippen molar-refractivity contribution in [2.45, 2.75) is 31.1 Å². The average Bonchev–Trinajstić information content (AvgIpc) is 2.79. The molecule has 1 aliphatic rings. The zero-order valence-corrected chi connectivity index (χ0v) is 18.3. The van der Waals surface area contributed by atoms with Crippen molar-refractivity contribution in [3.63, 3.8) is 0 Å². The van der Waals surface area contributed by atoms with Crippen molar-refractivity contribution in [3.05, 3.63) is 48.0 Å². The minimum absolute atomic E-state index is 0.0867. The van der Waals surface area contributed by atoms with Gasteiger partial charge in [0, 0.05) is 19.0 Å². The maximum Gasteiger partial charge on any atom is 0.305 e. The fourth-order valence-electron chi connectivity index (χ4n) is 2.96. The van der Waals surface area contributed by atoms with E-state index in [1.165, 1.54) is 17.7 Å². The number of esters is 1. The van der Waals surface area contributed by atoms with Crippen LogP contribution in [0.1, 0.15) is 25.3 Å². The number of benzene rings is 2. The normalized spacial score (nSPS) is 12.9. The van der Waals surface area contributed by atoms with Gasteiger partial charge in [-0.25, -0.2) is 13.1 Å². The lowest BCUT2D eigenvalue weighted by Crippen LogP contribution is -2.26. The first kappa shape index (κ1) is 22.9. The van der Waals surface area contributed by atoms with Crippen LogP contribution in [0.4, 0.5) is 0 Å². The third-order valence-corrected chi connectivity index (χ3v) is 6.05. The summed E-state index contributed by atoms with van der Waals surface area (Å²) in [4.78, 5) is 11.9. The number of carbonyl (C=O) groups is 1. The summed E-state index contributed by atoms with van der Waals surface area (Å²) in [5.41, 5.74) is 1.17. The quantitative estimate of drug-likeness (QED) is 0.416. The van der Waals surface area contributed by atoms with Gasteiger partial charge < -0.3 is 18.9 Å². The smallest absolute Gasteiger partial charge is 0.305 e. The number of carbonyl (C=O) groups excluding carboxylic acids is 1. The number of hydrogen-bond donors (Lipinski definition) is 1. The minimum Gasteiger partial charge on any atom is -0.490 e. The molecule has 0 saturated heterocycles. The van der Waals surface area contributed by atoms with Gasteiger partial charge >= 0.3 is 5.97 Å². The van der Waals surface area contributed by atoms with Crippen LogP contribution in [-0.2, 0) is 26.0 Å². The summed E-state index contributed by atoms with van der Waals surface area (Å²) in [6.07, 6.45) is 1.35. The molecule has 1 aliphatic heterocycles. The van der Waals surface area contributed by atoms with Crippen molar-refractivity contribution in [1.29, 1.82) is 0 Å². The van der Waals surface area contributed by atoms with Crippen molar-refractivity contribution in [1.82, 2.24) is 4.72 Å². The summed E-state index contributed by atoms with van der Waals surface area (Å²) >= 11 is 0. The molecule has 0 radical (unpaired) electrons. The van der Waals surface area contributed by atoms with Crippen LogP contribution in [0.25, 0.3) is 0 Å². The van der Waals surface area contributed by atoms with Gasteiger partial charge in [0.05, 0.1) is 4.90 Å². The Kier molecular flexibility index (Phi) is 8.13. The van der Waals surface area contributed by atoms with Gasteiger partial charge in [0.1, 0.15) is 32.2 Å². The maximum atomic E-state index is 12.4. The number of fused-ring (bicyclic) bond motifs is 1. The molecule has 2 aromatic carbocycles. The molecule has 9 heteroatoms. The van der Waals surface area contributed by atoms with Crippen LogP contribution in [0, 0.1) is 0 Å². The largest absolute Gasteiger partial charge is 0.490 e. The Labute approximate surface area is 182 Å². The van der Waals surface area contributed by atoms with E-state index in [1.807, 2.05) is 24.3 Å². The molecule has 0 spiro atoms. The number of sulfonamides is 1. The lowest BCUT2D eigenvalue weighted by molar-refractivity contribution is -0.144. The monoisotopic (exact) mass is 449 g/mol. The van der Waals surface area contributed by atoms with Crippen LogP contribution in [-0.4, -0.2) is 47.4 Å². The third kappa shape index (κ3) is 6.86. The Hall–Kier alpha value is -2.78. The second kappa shape index (κ2) is 11.0. The molecule has 2 aromatic rings. The van der Waals surface area contributed by atoms with Crippen molar-refractivity contribution in [3.8, 4) is 17.2 Å². The van der Waals surface area contributed by atoms with E-state index in [4.69, 9.17) is 18.9 Å². The first-order valence-electron chi connectivity index (χ1n) is 10.2. The molecule has 0 amide bonds. The fourth-order valence-corrected chi connectivity index (χ4v) is 4.04. The van der Waals surface area contributed by atoms with Gasteiger partial charge in [0.2, 0.25) is 10.0 Å². The Morgan fingerprint density at radius 1 is 1.06 bits per heavy atom. The summed E-state index contributed by atoms with van der Waals surface area (Å²) in [5.74, 6) is 1.27. The van der Waals surface area contributed by atoms with E-state index in [0.717, 1.165) is 12.2 Å². The molecular weight excluding hydrogens is 422 g/mol. The minimum atomic E-state index is -3.71. The van der Waals surface area contributed by atoms with Crippen LogP contribution in [0.3, 0.4) is 0 Å². The van der Waals surface area contributed by atoms with Crippen molar-refractivity contribution in [2.75, 3.05) is 33.0 Å². The first-order chi connectivity index (χ1) is 15.0. The number of nitrogens with one attached hydrogen (secondary N) is 1. The molecule has 0 unspecified atom stereocenters. The lowest BCUT2D eigenvalue weighted by Gasteiger charge is -2.18. The highest BCUT2D eigenvalue weighted by molar-refractivity contribution is 7.89. The molecule has 3 rings (SSSR count). The third-order valence-electron chi connectivity index (χ3n) is 4.60. The Bertz CT molecular complexity index is 991. The highest BCUT2D eigenvalue weighted by atomic mass is 32.2. The van der Waals surface area contributed by atoms with Crippen LogP contribution in [0.5, 0.6) is 17.2 Å². The predicted molar refractivity (Wildman–Crippen MR) is 114 cm³/mol. The molecule has 31 heavy (non-hydrogen) atoms. The van der Waals surface area contributed by atoms with E-state index < -0.39 is 16.0 Å². The number of aryl methyl sites for hydroxylation is 1. The average molecular weight is 450 g/mol. The first-order valence-corrected chi connectivity index (χ1v) is 11.7. The zero-order valence-electron chi connectivity index (χ0n) is 17.5. The molecule has 0 fully saturated rings. The van der Waals surface area contributed by atoms with Crippen LogP contribution < -0.4 is 18.9 Å². The van der Waals surface area contributed by atoms with E-state index in [-0.39, 0.29) is 31.1 Å². The fraction of sp³-hybridized carbons (Fsp3) is 0.409. The number of ether oxygens (including phenoxy) is 4. The van der Waals surface area contributed by atoms with E-state index in [2.05, 4.69) is 11.6 Å². The van der Waals surface area contributed by atoms with Crippen LogP contribution in [0.15, 0.2) is 47.4 Å². The van der Waals surface area contributed by atoms with Crippen LogP contribution >= 0.6 is 0 Å². The topological polar surface area (TPSA) is 100 Å². The van der Waals surface area contributed by atoms with Gasteiger partial charge in [-0.2, -0.15) is 0 Å². The number of rotatable bonds is 11. The lowest BCUT2D eigenvalue weighted by atomic mass is 10.2. The standard InChI is InChI=1S/C22H27NO7S/c1-2-17-5-3-6-18(15-17)27-11-14-30-22(24)7-4-10-23-31(25,26)19-8-9-20-21(16-19)29-13-12-28-20/h3,5-6,8-9,15-16,23H,2,4,7,10-14H2,1H3. The van der Waals surface area contributed by atoms with Gasteiger partial charge in [-0.1, -0.05) is 19.1 Å². The van der Waals surface area contributed by atoms with E-state index >= 15 is 0 Å². The Morgan fingerprint density at radius 2 is 1.87 bits per heavy atom. The van der Waals surface area contributed by atoms with Gasteiger partial charge in [-0.15, -0.1) is 0 Å². The molecule has 0 atom stereocenters. The van der Waals surface area contributed by atoms with E-state index in [0.29, 0.717) is 31.1 Å². The zero-order chi connectivity index (χ0) is 22.1. The SMILES string of the molecule is CCc1cccc(OCCOC(=O)CCCNS(=O)(=O)c2ccc3c(c2)OCCO3)c1. The van der Waals surface area contributed by atoms with E-state index in [1.54, 1.807) is 6.07 Å². The van der Waals surface area contributed by atoms with Gasteiger partial charge in [0.15, 0.2) is 11.5 Å². The Balaban J connectivity index is 1.33. The molecule has 168 valence electrons. The maximum absolute atomic E-state index is 12.4. The summed E-state index contributed by atoms with van der Waals surface area (Å²) in [7, 11) is -3.71. The molecule has 1 heterocycles. The second-order valence-corrected chi connectivity index (χ2v) is 8.64. The highest BCUT2D eigenvalue weighted by Crippen LogP contribution is 2.32. The molecular formula is C22H27NO7S. The molecule has 8 nitrogen and oxygen atoms in total. The molecule has 0 aliphatic carbocycles. The summed E-state index contributed by atoms with van der Waals surface area (Å²) in [6.45, 7) is 3.39. The molecule has 0 aromatic heterocycles. The number of hydrogen-bond acceptors (Lipinski definition) is 7. The Morgan fingerprint density at radius 3 is 2.68 bits per heavy atom. The molecule has 1 N–H and O–H groups in total.